The summed E-state index contributed by atoms with van der Waals surface area (Å²) in [5, 5.41) is 18.5. The van der Waals surface area contributed by atoms with Crippen molar-refractivity contribution in [3.63, 3.8) is 0 Å². The second-order valence-corrected chi connectivity index (χ2v) is 5.61. The van der Waals surface area contributed by atoms with E-state index in [1.54, 1.807) is 0 Å². The Morgan fingerprint density at radius 3 is 2.22 bits per heavy atom. The molecule has 0 unspecified atom stereocenters. The standard InChI is InChI=1S/C17H10ClF5N2O2/c18-12-2-1-8(3-11(12)16(26)27)9(6-24)7-25-15-13(19)4-10(5-14(15)20)17(21,22)23/h1-7,24-25H,(H,26,27)/b9-7+,24-6?. The van der Waals surface area contributed by atoms with E-state index < -0.39 is 35.0 Å². The molecule has 4 nitrogen and oxygen atoms in total. The van der Waals surface area contributed by atoms with Crippen LogP contribution in [0.15, 0.2) is 36.5 Å². The number of anilines is 1. The molecule has 27 heavy (non-hydrogen) atoms. The molecule has 10 heteroatoms. The minimum atomic E-state index is -4.91. The molecule has 0 aromatic heterocycles. The quantitative estimate of drug-likeness (QED) is 0.459. The molecule has 0 radical (unpaired) electrons. The number of rotatable bonds is 5. The molecule has 0 saturated heterocycles. The molecule has 0 heterocycles. The van der Waals surface area contributed by atoms with Crippen LogP contribution in [0.4, 0.5) is 27.6 Å². The maximum absolute atomic E-state index is 13.8. The fourth-order valence-corrected chi connectivity index (χ4v) is 2.30. The average Bonchev–Trinajstić information content (AvgIpc) is 2.57. The zero-order valence-electron chi connectivity index (χ0n) is 13.2. The van der Waals surface area contributed by atoms with Gasteiger partial charge in [-0.05, 0) is 29.8 Å². The van der Waals surface area contributed by atoms with Crippen molar-refractivity contribution < 1.29 is 31.9 Å². The largest absolute Gasteiger partial charge is 0.478 e. The fourth-order valence-electron chi connectivity index (χ4n) is 2.10. The molecule has 2 aromatic rings. The number of hydrogen-bond acceptors (Lipinski definition) is 3. The Hall–Kier alpha value is -2.94. The Balaban J connectivity index is 2.40. The lowest BCUT2D eigenvalue weighted by Crippen LogP contribution is -2.08. The summed E-state index contributed by atoms with van der Waals surface area (Å²) < 4.78 is 65.3. The third-order valence-electron chi connectivity index (χ3n) is 3.43. The molecule has 2 rings (SSSR count). The fraction of sp³-hybridized carbons (Fsp3) is 0.0588. The summed E-state index contributed by atoms with van der Waals surface area (Å²) in [4.78, 5) is 11.1. The van der Waals surface area contributed by atoms with E-state index in [0.29, 0.717) is 0 Å². The minimum absolute atomic E-state index is 0.00728. The van der Waals surface area contributed by atoms with Gasteiger partial charge in [0.25, 0.3) is 0 Å². The molecule has 0 aliphatic heterocycles. The summed E-state index contributed by atoms with van der Waals surface area (Å²) in [6.45, 7) is 0. The van der Waals surface area contributed by atoms with Crippen molar-refractivity contribution in [2.24, 2.45) is 0 Å². The third kappa shape index (κ3) is 4.62. The third-order valence-corrected chi connectivity index (χ3v) is 3.76. The molecular formula is C17H10ClF5N2O2. The molecule has 0 atom stereocenters. The smallest absolute Gasteiger partial charge is 0.416 e. The molecule has 0 saturated carbocycles. The van der Waals surface area contributed by atoms with Gasteiger partial charge in [0.2, 0.25) is 0 Å². The number of benzene rings is 2. The zero-order valence-corrected chi connectivity index (χ0v) is 13.9. The van der Waals surface area contributed by atoms with Crippen LogP contribution in [-0.4, -0.2) is 17.3 Å². The van der Waals surface area contributed by atoms with Crippen molar-refractivity contribution in [1.29, 1.82) is 5.41 Å². The summed E-state index contributed by atoms with van der Waals surface area (Å²) in [5.41, 5.74) is -2.40. The first-order valence-electron chi connectivity index (χ1n) is 7.11. The average molecular weight is 405 g/mol. The van der Waals surface area contributed by atoms with E-state index >= 15 is 0 Å². The number of hydrogen-bond donors (Lipinski definition) is 3. The molecule has 0 aliphatic rings. The first-order chi connectivity index (χ1) is 12.5. The van der Waals surface area contributed by atoms with E-state index in [1.165, 1.54) is 12.1 Å². The van der Waals surface area contributed by atoms with Gasteiger partial charge in [-0.15, -0.1) is 0 Å². The molecule has 0 bridgehead atoms. The van der Waals surface area contributed by atoms with Crippen LogP contribution < -0.4 is 5.32 Å². The van der Waals surface area contributed by atoms with Crippen molar-refractivity contribution in [1.82, 2.24) is 0 Å². The molecule has 2 aromatic carbocycles. The van der Waals surface area contributed by atoms with Crippen molar-refractivity contribution in [3.8, 4) is 0 Å². The molecule has 0 aliphatic carbocycles. The highest BCUT2D eigenvalue weighted by molar-refractivity contribution is 6.33. The second-order valence-electron chi connectivity index (χ2n) is 5.20. The molecule has 3 N–H and O–H groups in total. The van der Waals surface area contributed by atoms with Gasteiger partial charge in [-0.3, -0.25) is 0 Å². The SMILES string of the molecule is N=C/C(=C\Nc1c(F)cc(C(F)(F)F)cc1F)c1ccc(Cl)c(C(=O)O)c1. The molecular weight excluding hydrogens is 395 g/mol. The zero-order chi connectivity index (χ0) is 20.4. The van der Waals surface area contributed by atoms with Crippen molar-refractivity contribution in [2.45, 2.75) is 6.18 Å². The second kappa shape index (κ2) is 7.75. The Morgan fingerprint density at radius 2 is 1.74 bits per heavy atom. The number of alkyl halides is 3. The van der Waals surface area contributed by atoms with Crippen molar-refractivity contribution in [2.75, 3.05) is 5.32 Å². The van der Waals surface area contributed by atoms with Crippen LogP contribution in [0.1, 0.15) is 21.5 Å². The number of nitrogens with one attached hydrogen (secondary N) is 2. The molecule has 0 amide bonds. The molecule has 142 valence electrons. The highest BCUT2D eigenvalue weighted by atomic mass is 35.5. The Kier molecular flexibility index (Phi) is 5.85. The van der Waals surface area contributed by atoms with Crippen LogP contribution in [-0.2, 0) is 6.18 Å². The van der Waals surface area contributed by atoms with Crippen LogP contribution in [0.25, 0.3) is 5.57 Å². The van der Waals surface area contributed by atoms with Crippen LogP contribution in [0, 0.1) is 17.0 Å². The predicted octanol–water partition coefficient (Wildman–Crippen LogP) is 5.44. The van der Waals surface area contributed by atoms with E-state index in [4.69, 9.17) is 22.1 Å². The number of carboxylic acid groups (broad SMARTS) is 1. The highest BCUT2D eigenvalue weighted by Crippen LogP contribution is 2.33. The van der Waals surface area contributed by atoms with Gasteiger partial charge in [-0.2, -0.15) is 13.2 Å². The summed E-state index contributed by atoms with van der Waals surface area (Å²) >= 11 is 5.74. The van der Waals surface area contributed by atoms with Crippen LogP contribution in [0.5, 0.6) is 0 Å². The predicted molar refractivity (Wildman–Crippen MR) is 90.2 cm³/mol. The topological polar surface area (TPSA) is 73.2 Å². The maximum Gasteiger partial charge on any atom is 0.416 e. The molecule has 0 spiro atoms. The van der Waals surface area contributed by atoms with E-state index in [-0.39, 0.29) is 33.9 Å². The van der Waals surface area contributed by atoms with E-state index in [9.17, 15) is 26.7 Å². The van der Waals surface area contributed by atoms with E-state index in [1.807, 2.05) is 0 Å². The van der Waals surface area contributed by atoms with Crippen molar-refractivity contribution in [3.05, 3.63) is 69.9 Å². The number of carbonyl (C=O) groups is 1. The summed E-state index contributed by atoms with van der Waals surface area (Å²) in [6.07, 6.45) is -3.19. The van der Waals surface area contributed by atoms with E-state index in [2.05, 4.69) is 5.32 Å². The van der Waals surface area contributed by atoms with Crippen LogP contribution in [0.2, 0.25) is 5.02 Å². The lowest BCUT2D eigenvalue weighted by Gasteiger charge is -2.11. The van der Waals surface area contributed by atoms with Crippen LogP contribution in [0.3, 0.4) is 0 Å². The normalized spacial score (nSPS) is 12.0. The van der Waals surface area contributed by atoms with Gasteiger partial charge in [0.05, 0.1) is 16.1 Å². The summed E-state index contributed by atoms with van der Waals surface area (Å²) in [7, 11) is 0. The van der Waals surface area contributed by atoms with Gasteiger partial charge in [0, 0.05) is 18.0 Å². The number of allylic oxidation sites excluding steroid dienone is 1. The van der Waals surface area contributed by atoms with E-state index in [0.717, 1.165) is 18.5 Å². The Morgan fingerprint density at radius 1 is 1.15 bits per heavy atom. The lowest BCUT2D eigenvalue weighted by atomic mass is 10.0. The van der Waals surface area contributed by atoms with Gasteiger partial charge < -0.3 is 15.8 Å². The van der Waals surface area contributed by atoms with Gasteiger partial charge in [-0.25, -0.2) is 13.6 Å². The minimum Gasteiger partial charge on any atom is -0.478 e. The number of aromatic carboxylic acids is 1. The monoisotopic (exact) mass is 404 g/mol. The van der Waals surface area contributed by atoms with Gasteiger partial charge in [-0.1, -0.05) is 17.7 Å². The number of halogens is 6. The van der Waals surface area contributed by atoms with Crippen molar-refractivity contribution >= 4 is 35.0 Å². The molecule has 0 fully saturated rings. The van der Waals surface area contributed by atoms with Gasteiger partial charge >= 0.3 is 12.1 Å². The lowest BCUT2D eigenvalue weighted by molar-refractivity contribution is -0.137. The maximum atomic E-state index is 13.8. The van der Waals surface area contributed by atoms with Gasteiger partial charge in [0.15, 0.2) is 0 Å². The first-order valence-corrected chi connectivity index (χ1v) is 7.49. The first kappa shape index (κ1) is 20.4. The Labute approximate surface area is 154 Å². The Bertz CT molecular complexity index is 918. The highest BCUT2D eigenvalue weighted by Gasteiger charge is 2.32. The number of carboxylic acids is 1. The van der Waals surface area contributed by atoms with Crippen LogP contribution >= 0.6 is 11.6 Å². The van der Waals surface area contributed by atoms with Gasteiger partial charge in [0.1, 0.15) is 17.3 Å². The summed E-state index contributed by atoms with van der Waals surface area (Å²) in [6, 6.07) is 4.04. The summed E-state index contributed by atoms with van der Waals surface area (Å²) in [5.74, 6) is -4.28.